The van der Waals surface area contributed by atoms with Crippen molar-refractivity contribution in [3.8, 4) is 0 Å². The molecule has 2 heterocycles. The molecule has 0 bridgehead atoms. The fraction of sp³-hybridized carbons (Fsp3) is 0.650. The number of rotatable bonds is 5. The molecule has 2 aliphatic heterocycles. The van der Waals surface area contributed by atoms with Crippen LogP contribution in [0.4, 0.5) is 5.69 Å². The van der Waals surface area contributed by atoms with E-state index in [0.29, 0.717) is 18.3 Å². The molecular weight excluding hydrogens is 316 g/mol. The first-order valence-electron chi connectivity index (χ1n) is 9.34. The van der Waals surface area contributed by atoms with E-state index < -0.39 is 0 Å². The van der Waals surface area contributed by atoms with Gasteiger partial charge in [-0.2, -0.15) is 0 Å². The van der Waals surface area contributed by atoms with Crippen LogP contribution in [0.1, 0.15) is 24.8 Å². The van der Waals surface area contributed by atoms with E-state index in [2.05, 4.69) is 22.3 Å². The van der Waals surface area contributed by atoms with Crippen LogP contribution >= 0.6 is 0 Å². The Morgan fingerprint density at radius 1 is 1.08 bits per heavy atom. The maximum absolute atomic E-state index is 12.5. The van der Waals surface area contributed by atoms with Crippen LogP contribution in [0.15, 0.2) is 24.3 Å². The molecule has 5 heteroatoms. The summed E-state index contributed by atoms with van der Waals surface area (Å²) in [5.41, 5.74) is 2.20. The van der Waals surface area contributed by atoms with Gasteiger partial charge in [0.1, 0.15) is 0 Å². The quantitative estimate of drug-likeness (QED) is 0.888. The molecule has 3 rings (SSSR count). The van der Waals surface area contributed by atoms with Crippen LogP contribution in [-0.4, -0.2) is 52.5 Å². The summed E-state index contributed by atoms with van der Waals surface area (Å²) < 4.78 is 11.2. The zero-order valence-corrected chi connectivity index (χ0v) is 15.4. The molecule has 2 aliphatic rings. The molecule has 25 heavy (non-hydrogen) atoms. The number of hydrogen-bond donors (Lipinski definition) is 1. The van der Waals surface area contributed by atoms with Gasteiger partial charge < -0.3 is 19.7 Å². The van der Waals surface area contributed by atoms with Crippen LogP contribution in [0.2, 0.25) is 0 Å². The summed E-state index contributed by atoms with van der Waals surface area (Å²) >= 11 is 0. The van der Waals surface area contributed by atoms with Gasteiger partial charge in [0.05, 0.1) is 13.0 Å². The number of carbonyl (C=O) groups is 1. The zero-order chi connectivity index (χ0) is 17.6. The van der Waals surface area contributed by atoms with Gasteiger partial charge in [0.15, 0.2) is 0 Å². The van der Waals surface area contributed by atoms with Crippen molar-refractivity contribution in [2.75, 3.05) is 45.4 Å². The fourth-order valence-corrected chi connectivity index (χ4v) is 3.90. The van der Waals surface area contributed by atoms with Crippen molar-refractivity contribution >= 4 is 11.6 Å². The number of ether oxygens (including phenoxy) is 2. The molecule has 0 radical (unpaired) electrons. The predicted octanol–water partition coefficient (Wildman–Crippen LogP) is 2.24. The van der Waals surface area contributed by atoms with E-state index in [-0.39, 0.29) is 11.9 Å². The van der Waals surface area contributed by atoms with Crippen LogP contribution in [0.25, 0.3) is 0 Å². The lowest BCUT2D eigenvalue weighted by Crippen LogP contribution is -2.49. The Morgan fingerprint density at radius 3 is 2.44 bits per heavy atom. The Hall–Kier alpha value is -1.59. The SMILES string of the molecule is CN(C)c1ccc(CC(=O)N[C@@H]2CCOC[C@@H]2C2CCOCC2)cc1. The predicted molar refractivity (Wildman–Crippen MR) is 98.9 cm³/mol. The maximum Gasteiger partial charge on any atom is 0.224 e. The molecule has 138 valence electrons. The monoisotopic (exact) mass is 346 g/mol. The Morgan fingerprint density at radius 2 is 1.76 bits per heavy atom. The van der Waals surface area contributed by atoms with Crippen molar-refractivity contribution in [3.63, 3.8) is 0 Å². The topological polar surface area (TPSA) is 50.8 Å². The number of anilines is 1. The summed E-state index contributed by atoms with van der Waals surface area (Å²) in [6, 6.07) is 8.42. The molecule has 0 unspecified atom stereocenters. The molecule has 0 aliphatic carbocycles. The number of nitrogens with zero attached hydrogens (tertiary/aromatic N) is 1. The van der Waals surface area contributed by atoms with Gasteiger partial charge in [-0.1, -0.05) is 12.1 Å². The summed E-state index contributed by atoms with van der Waals surface area (Å²) in [5.74, 6) is 1.12. The van der Waals surface area contributed by atoms with Crippen LogP contribution < -0.4 is 10.2 Å². The Labute approximate surface area is 150 Å². The van der Waals surface area contributed by atoms with E-state index in [4.69, 9.17) is 9.47 Å². The minimum atomic E-state index is 0.113. The van der Waals surface area contributed by atoms with E-state index in [1.54, 1.807) is 0 Å². The zero-order valence-electron chi connectivity index (χ0n) is 15.4. The highest BCUT2D eigenvalue weighted by Gasteiger charge is 2.34. The van der Waals surface area contributed by atoms with Crippen LogP contribution in [0, 0.1) is 11.8 Å². The molecule has 2 atom stereocenters. The number of benzene rings is 1. The first-order chi connectivity index (χ1) is 12.1. The number of carbonyl (C=O) groups excluding carboxylic acids is 1. The molecule has 1 aromatic carbocycles. The van der Waals surface area contributed by atoms with Crippen molar-refractivity contribution in [2.24, 2.45) is 11.8 Å². The van der Waals surface area contributed by atoms with Crippen LogP contribution in [-0.2, 0) is 20.7 Å². The Kier molecular flexibility index (Phi) is 6.32. The van der Waals surface area contributed by atoms with E-state index in [1.807, 2.05) is 26.2 Å². The minimum absolute atomic E-state index is 0.113. The molecule has 0 saturated carbocycles. The number of amides is 1. The van der Waals surface area contributed by atoms with Crippen molar-refractivity contribution in [1.82, 2.24) is 5.32 Å². The Bertz CT molecular complexity index is 553. The van der Waals surface area contributed by atoms with Crippen molar-refractivity contribution in [2.45, 2.75) is 31.7 Å². The van der Waals surface area contributed by atoms with Crippen LogP contribution in [0.5, 0.6) is 0 Å². The van der Waals surface area contributed by atoms with Gasteiger partial charge in [0.2, 0.25) is 5.91 Å². The van der Waals surface area contributed by atoms with Gasteiger partial charge in [-0.15, -0.1) is 0 Å². The summed E-state index contributed by atoms with van der Waals surface area (Å²) in [7, 11) is 4.03. The second-order valence-electron chi connectivity index (χ2n) is 7.39. The number of nitrogens with one attached hydrogen (secondary N) is 1. The summed E-state index contributed by atoms with van der Waals surface area (Å²) in [6.07, 6.45) is 3.50. The molecule has 1 aromatic rings. The lowest BCUT2D eigenvalue weighted by molar-refractivity contribution is -0.123. The normalized spacial score (nSPS) is 24.7. The van der Waals surface area contributed by atoms with Crippen molar-refractivity contribution in [3.05, 3.63) is 29.8 Å². The molecule has 2 saturated heterocycles. The van der Waals surface area contributed by atoms with Crippen molar-refractivity contribution < 1.29 is 14.3 Å². The molecular formula is C20H30N2O3. The van der Waals surface area contributed by atoms with E-state index in [0.717, 1.165) is 56.9 Å². The third-order valence-electron chi connectivity index (χ3n) is 5.44. The Balaban J connectivity index is 1.56. The number of hydrogen-bond acceptors (Lipinski definition) is 4. The minimum Gasteiger partial charge on any atom is -0.381 e. The van der Waals surface area contributed by atoms with E-state index in [1.165, 1.54) is 0 Å². The molecule has 1 amide bonds. The van der Waals surface area contributed by atoms with Gasteiger partial charge >= 0.3 is 0 Å². The maximum atomic E-state index is 12.5. The fourth-order valence-electron chi connectivity index (χ4n) is 3.90. The standard InChI is InChI=1S/C20H30N2O3/c1-22(2)17-5-3-15(4-6-17)13-20(23)21-19-9-12-25-14-18(19)16-7-10-24-11-8-16/h3-6,16,18-19H,7-14H2,1-2H3,(H,21,23)/t18-,19-/m1/s1. The highest BCUT2D eigenvalue weighted by atomic mass is 16.5. The lowest BCUT2D eigenvalue weighted by Gasteiger charge is -2.39. The first kappa shape index (κ1) is 18.2. The van der Waals surface area contributed by atoms with E-state index >= 15 is 0 Å². The lowest BCUT2D eigenvalue weighted by atomic mass is 9.79. The summed E-state index contributed by atoms with van der Waals surface area (Å²) in [5, 5.41) is 3.28. The molecule has 1 N–H and O–H groups in total. The van der Waals surface area contributed by atoms with Gasteiger partial charge in [-0.3, -0.25) is 4.79 Å². The van der Waals surface area contributed by atoms with Crippen LogP contribution in [0.3, 0.4) is 0 Å². The van der Waals surface area contributed by atoms with Gasteiger partial charge in [0.25, 0.3) is 0 Å². The van der Waals surface area contributed by atoms with Gasteiger partial charge in [0, 0.05) is 51.6 Å². The average molecular weight is 346 g/mol. The third kappa shape index (κ3) is 4.95. The highest BCUT2D eigenvalue weighted by Crippen LogP contribution is 2.30. The molecule has 5 nitrogen and oxygen atoms in total. The molecule has 0 spiro atoms. The largest absolute Gasteiger partial charge is 0.381 e. The smallest absolute Gasteiger partial charge is 0.224 e. The molecule has 0 aromatic heterocycles. The second kappa shape index (κ2) is 8.68. The van der Waals surface area contributed by atoms with E-state index in [9.17, 15) is 4.79 Å². The average Bonchev–Trinajstić information content (AvgIpc) is 2.63. The molecule has 2 fully saturated rings. The van der Waals surface area contributed by atoms with Gasteiger partial charge in [-0.05, 0) is 42.9 Å². The first-order valence-corrected chi connectivity index (χ1v) is 9.34. The van der Waals surface area contributed by atoms with Gasteiger partial charge in [-0.25, -0.2) is 0 Å². The van der Waals surface area contributed by atoms with Crippen molar-refractivity contribution in [1.29, 1.82) is 0 Å². The summed E-state index contributed by atoms with van der Waals surface area (Å²) in [6.45, 7) is 3.16. The second-order valence-corrected chi connectivity index (χ2v) is 7.39. The highest BCUT2D eigenvalue weighted by molar-refractivity contribution is 5.79. The summed E-state index contributed by atoms with van der Waals surface area (Å²) in [4.78, 5) is 14.6. The third-order valence-corrected chi connectivity index (χ3v) is 5.44.